The van der Waals surface area contributed by atoms with Crippen molar-refractivity contribution in [3.63, 3.8) is 0 Å². The minimum Gasteiger partial charge on any atom is -0.497 e. The van der Waals surface area contributed by atoms with E-state index in [1.807, 2.05) is 0 Å². The number of hydrogen-bond acceptors (Lipinski definition) is 11. The maximum Gasteiger partial charge on any atom is 0.339 e. The van der Waals surface area contributed by atoms with Crippen molar-refractivity contribution in [1.29, 1.82) is 0 Å². The zero-order valence-electron chi connectivity index (χ0n) is 33.2. The molecule has 61 heavy (non-hydrogen) atoms. The summed E-state index contributed by atoms with van der Waals surface area (Å²) in [6.45, 7) is 0.815. The molecular formula is C40H45F4N5O12. The lowest BCUT2D eigenvalue weighted by Crippen LogP contribution is -2.52. The predicted octanol–water partition coefficient (Wildman–Crippen LogP) is 1.83. The molecule has 5 amide bonds. The summed E-state index contributed by atoms with van der Waals surface area (Å²) in [6.07, 6.45) is 1.45. The van der Waals surface area contributed by atoms with Gasteiger partial charge in [0.25, 0.3) is 11.8 Å². The molecule has 3 unspecified atom stereocenters. The number of allylic oxidation sites excluding steroid dienone is 1. The Bertz CT molecular complexity index is 2110. The fraction of sp³-hybridized carbons (Fsp3) is 0.450. The van der Waals surface area contributed by atoms with Gasteiger partial charge in [-0.25, -0.2) is 22.4 Å². The maximum absolute atomic E-state index is 14.9. The number of ketones is 2. The average molecular weight is 864 g/mol. The summed E-state index contributed by atoms with van der Waals surface area (Å²) in [5.74, 6) is -22.3. The third-order valence-corrected chi connectivity index (χ3v) is 10.3. The number of hydrogen-bond donors (Lipinski definition) is 7. The summed E-state index contributed by atoms with van der Waals surface area (Å²) in [5, 5.41) is 29.1. The number of aliphatic hydroxyl groups is 1. The molecule has 0 spiro atoms. The van der Waals surface area contributed by atoms with Gasteiger partial charge < -0.3 is 46.7 Å². The lowest BCUT2D eigenvalue weighted by molar-refractivity contribution is -0.141. The number of Topliss-reactive ketones (excluding diaryl/α,β-unsaturated/α-hetero) is 2. The van der Waals surface area contributed by atoms with Crippen molar-refractivity contribution in [2.45, 2.75) is 82.5 Å². The SMILES string of the molecule is CCCC(NC(=O)[C@@H]1C[C@@H](O)CC1C(=O)[C@@H](NC(=O)c1c(F)c(F)c(F)c(F)c1C(=O)O)C1=CCCCC1)C(=O)C(=O)NCC(=O)NC(C(N)=O)c1cc(OC)cc(OC)c1. The Morgan fingerprint density at radius 2 is 1.43 bits per heavy atom. The van der Waals surface area contributed by atoms with Crippen LogP contribution >= 0.6 is 0 Å². The predicted molar refractivity (Wildman–Crippen MR) is 203 cm³/mol. The molecule has 2 aliphatic rings. The van der Waals surface area contributed by atoms with Gasteiger partial charge in [0.05, 0.1) is 44.4 Å². The number of primary amides is 1. The summed E-state index contributed by atoms with van der Waals surface area (Å²) < 4.78 is 68.0. The molecule has 2 aliphatic carbocycles. The highest BCUT2D eigenvalue weighted by atomic mass is 19.2. The Morgan fingerprint density at radius 1 is 0.820 bits per heavy atom. The number of amides is 5. The second-order valence-electron chi connectivity index (χ2n) is 14.4. The number of aliphatic hydroxyl groups excluding tert-OH is 1. The Hall–Kier alpha value is -6.38. The first-order valence-electron chi connectivity index (χ1n) is 19.1. The quantitative estimate of drug-likeness (QED) is 0.0351. The van der Waals surface area contributed by atoms with E-state index in [1.165, 1.54) is 32.4 Å². The number of ether oxygens (including phenoxy) is 2. The third kappa shape index (κ3) is 11.1. The smallest absolute Gasteiger partial charge is 0.339 e. The van der Waals surface area contributed by atoms with Crippen LogP contribution in [0.3, 0.4) is 0 Å². The van der Waals surface area contributed by atoms with Gasteiger partial charge in [-0.3, -0.25) is 33.6 Å². The van der Waals surface area contributed by atoms with Gasteiger partial charge in [0.2, 0.25) is 23.5 Å². The number of halogens is 4. The van der Waals surface area contributed by atoms with Gasteiger partial charge in [-0.15, -0.1) is 0 Å². The Labute approximate surface area is 345 Å². The first kappa shape index (κ1) is 47.3. The molecule has 330 valence electrons. The molecule has 4 rings (SSSR count). The molecule has 0 heterocycles. The fourth-order valence-electron chi connectivity index (χ4n) is 7.32. The maximum atomic E-state index is 14.9. The standard InChI is InChI=1S/C40H45F4N5O12/c1-4-8-24(35(53)39(57)46-16-25(51)48-33(36(45)54)18-11-20(60-2)15-21(12-18)61-3)47-37(55)23-14-19(50)13-22(23)34(52)32(17-9-6-5-7-10-17)49-38(56)26-27(40(58)59)29(42)31(44)30(43)28(26)41/h9,11-12,15,19,22-24,32-33,50H,4-8,10,13-14,16H2,1-3H3,(H2,45,54)(H,46,57)(H,47,55)(H,48,51)(H,49,56)(H,58,59)/t19-,22?,23+,24?,32-,33?/m0/s1. The fourth-order valence-corrected chi connectivity index (χ4v) is 7.32. The minimum atomic E-state index is -2.48. The normalized spacial score (nSPS) is 18.7. The molecule has 0 saturated heterocycles. The van der Waals surface area contributed by atoms with Crippen LogP contribution < -0.4 is 36.5 Å². The Kier molecular flexibility index (Phi) is 16.1. The number of nitrogens with two attached hydrogens (primary N) is 1. The van der Waals surface area contributed by atoms with Crippen molar-refractivity contribution >= 4 is 47.1 Å². The molecule has 0 bridgehead atoms. The van der Waals surface area contributed by atoms with Crippen molar-refractivity contribution in [3.05, 3.63) is 69.8 Å². The topological polar surface area (TPSA) is 270 Å². The van der Waals surface area contributed by atoms with Crippen molar-refractivity contribution in [2.24, 2.45) is 17.6 Å². The number of carboxylic acid groups (broad SMARTS) is 1. The van der Waals surface area contributed by atoms with Crippen LogP contribution in [0.15, 0.2) is 29.8 Å². The van der Waals surface area contributed by atoms with Crippen molar-refractivity contribution < 1.29 is 75.6 Å². The highest BCUT2D eigenvalue weighted by Gasteiger charge is 2.46. The summed E-state index contributed by atoms with van der Waals surface area (Å²) in [4.78, 5) is 105. The molecule has 0 radical (unpaired) electrons. The summed E-state index contributed by atoms with van der Waals surface area (Å²) in [5.41, 5.74) is 2.37. The van der Waals surface area contributed by atoms with Crippen molar-refractivity contribution in [2.75, 3.05) is 20.8 Å². The molecule has 1 saturated carbocycles. The van der Waals surface area contributed by atoms with E-state index in [0.29, 0.717) is 19.3 Å². The van der Waals surface area contributed by atoms with Crippen LogP contribution in [0.25, 0.3) is 0 Å². The third-order valence-electron chi connectivity index (χ3n) is 10.3. The van der Waals surface area contributed by atoms with Gasteiger partial charge in [0.15, 0.2) is 29.1 Å². The lowest BCUT2D eigenvalue weighted by Gasteiger charge is -2.28. The minimum absolute atomic E-state index is 0.104. The highest BCUT2D eigenvalue weighted by molar-refractivity contribution is 6.38. The van der Waals surface area contributed by atoms with Crippen LogP contribution in [-0.2, 0) is 28.8 Å². The molecule has 0 aromatic heterocycles. The molecule has 8 N–H and O–H groups in total. The summed E-state index contributed by atoms with van der Waals surface area (Å²) in [6, 6.07) is -0.309. The van der Waals surface area contributed by atoms with Crippen molar-refractivity contribution in [3.8, 4) is 11.5 Å². The molecule has 2 aromatic rings. The van der Waals surface area contributed by atoms with Crippen LogP contribution in [-0.4, -0.2) is 96.2 Å². The number of rotatable bonds is 19. The van der Waals surface area contributed by atoms with Crippen LogP contribution in [0.2, 0.25) is 0 Å². The molecule has 6 atom stereocenters. The van der Waals surface area contributed by atoms with E-state index >= 15 is 0 Å². The van der Waals surface area contributed by atoms with Crippen LogP contribution in [0.4, 0.5) is 17.6 Å². The van der Waals surface area contributed by atoms with Gasteiger partial charge in [-0.05, 0) is 68.2 Å². The first-order valence-corrected chi connectivity index (χ1v) is 19.1. The van der Waals surface area contributed by atoms with Gasteiger partial charge in [0, 0.05) is 12.0 Å². The molecule has 1 fully saturated rings. The summed E-state index contributed by atoms with van der Waals surface area (Å²) >= 11 is 0. The largest absolute Gasteiger partial charge is 0.497 e. The molecule has 0 aliphatic heterocycles. The van der Waals surface area contributed by atoms with Crippen molar-refractivity contribution in [1.82, 2.24) is 21.3 Å². The second-order valence-corrected chi connectivity index (χ2v) is 14.4. The highest BCUT2D eigenvalue weighted by Crippen LogP contribution is 2.36. The number of nitrogens with one attached hydrogen (secondary N) is 4. The number of methoxy groups -OCH3 is 2. The zero-order chi connectivity index (χ0) is 45.3. The van der Waals surface area contributed by atoms with E-state index in [2.05, 4.69) is 21.3 Å². The number of aromatic carboxylic acids is 1. The number of carbonyl (C=O) groups is 8. The monoisotopic (exact) mass is 863 g/mol. The van der Waals surface area contributed by atoms with Gasteiger partial charge >= 0.3 is 5.97 Å². The molecule has 21 heteroatoms. The Balaban J connectivity index is 1.51. The van der Waals surface area contributed by atoms with Crippen LogP contribution in [0.1, 0.15) is 90.6 Å². The van der Waals surface area contributed by atoms with E-state index in [1.54, 1.807) is 13.0 Å². The number of benzene rings is 2. The zero-order valence-corrected chi connectivity index (χ0v) is 33.2. The van der Waals surface area contributed by atoms with E-state index in [0.717, 1.165) is 0 Å². The van der Waals surface area contributed by atoms with Crippen LogP contribution in [0.5, 0.6) is 11.5 Å². The Morgan fingerprint density at radius 3 is 1.97 bits per heavy atom. The molecular weight excluding hydrogens is 818 g/mol. The van der Waals surface area contributed by atoms with E-state index in [-0.39, 0.29) is 54.7 Å². The van der Waals surface area contributed by atoms with Gasteiger partial charge in [-0.1, -0.05) is 19.4 Å². The molecule has 2 aromatic carbocycles. The average Bonchev–Trinajstić information content (AvgIpc) is 3.64. The lowest BCUT2D eigenvalue weighted by atomic mass is 9.82. The van der Waals surface area contributed by atoms with Gasteiger partial charge in [-0.2, -0.15) is 0 Å². The first-order chi connectivity index (χ1) is 28.8. The molecule has 17 nitrogen and oxygen atoms in total. The number of carboxylic acids is 1. The summed E-state index contributed by atoms with van der Waals surface area (Å²) in [7, 11) is 2.72. The second kappa shape index (κ2) is 20.7. The van der Waals surface area contributed by atoms with E-state index in [9.17, 15) is 66.1 Å². The number of carbonyl (C=O) groups excluding carboxylic acids is 7. The van der Waals surface area contributed by atoms with Gasteiger partial charge in [0.1, 0.15) is 29.1 Å². The van der Waals surface area contributed by atoms with Crippen LogP contribution in [0, 0.1) is 35.1 Å². The van der Waals surface area contributed by atoms with E-state index in [4.69, 9.17) is 15.2 Å². The van der Waals surface area contributed by atoms with E-state index < -0.39 is 124 Å².